The number of benzene rings is 1. The van der Waals surface area contributed by atoms with Gasteiger partial charge in [-0.3, -0.25) is 0 Å². The number of rotatable bonds is 5. The quantitative estimate of drug-likeness (QED) is 0.916. The van der Waals surface area contributed by atoms with Gasteiger partial charge >= 0.3 is 0 Å². The van der Waals surface area contributed by atoms with Gasteiger partial charge in [-0.05, 0) is 37.2 Å². The molecule has 0 spiro atoms. The highest BCUT2D eigenvalue weighted by Crippen LogP contribution is 2.38. The summed E-state index contributed by atoms with van der Waals surface area (Å²) in [7, 11) is 5.04. The number of ether oxygens (including phenoxy) is 2. The average molecular weight is 296 g/mol. The van der Waals surface area contributed by atoms with E-state index in [9.17, 15) is 0 Å². The molecule has 0 saturated heterocycles. The zero-order chi connectivity index (χ0) is 14.7. The van der Waals surface area contributed by atoms with Crippen molar-refractivity contribution in [2.24, 2.45) is 0 Å². The van der Waals surface area contributed by atoms with E-state index >= 15 is 0 Å². The molecule has 4 nitrogen and oxygen atoms in total. The average Bonchev–Trinajstić information content (AvgIpc) is 2.87. The second-order valence-corrected chi connectivity index (χ2v) is 4.83. The van der Waals surface area contributed by atoms with Crippen LogP contribution in [0.2, 0.25) is 5.02 Å². The van der Waals surface area contributed by atoms with Crippen molar-refractivity contribution in [1.29, 1.82) is 0 Å². The van der Waals surface area contributed by atoms with Gasteiger partial charge in [0.15, 0.2) is 11.5 Å². The number of halogens is 1. The minimum absolute atomic E-state index is 0.141. The molecule has 0 radical (unpaired) electrons. The van der Waals surface area contributed by atoms with Gasteiger partial charge in [0.1, 0.15) is 5.76 Å². The normalized spacial score (nSPS) is 12.2. The van der Waals surface area contributed by atoms with Crippen LogP contribution < -0.4 is 14.8 Å². The molecule has 0 saturated carbocycles. The highest BCUT2D eigenvalue weighted by atomic mass is 35.5. The Morgan fingerprint density at radius 1 is 1.20 bits per heavy atom. The summed E-state index contributed by atoms with van der Waals surface area (Å²) in [6, 6.07) is 5.40. The second kappa shape index (κ2) is 6.20. The lowest BCUT2D eigenvalue weighted by Gasteiger charge is -2.19. The van der Waals surface area contributed by atoms with Gasteiger partial charge in [-0.2, -0.15) is 0 Å². The third-order valence-electron chi connectivity index (χ3n) is 3.27. The standard InChI is InChI=1S/C15H18ClNO3/c1-9-5-6-20-15(9)14(17-2)10-7-12(18-3)13(19-4)8-11(10)16/h5-8,14,17H,1-4H3. The van der Waals surface area contributed by atoms with Crippen LogP contribution in [0.15, 0.2) is 28.9 Å². The Hall–Kier alpha value is -1.65. The number of aryl methyl sites for hydroxylation is 1. The molecule has 1 unspecified atom stereocenters. The van der Waals surface area contributed by atoms with E-state index in [1.54, 1.807) is 26.5 Å². The molecule has 0 aliphatic rings. The molecule has 0 aliphatic heterocycles. The van der Waals surface area contributed by atoms with Crippen LogP contribution in [0.3, 0.4) is 0 Å². The Labute approximate surface area is 123 Å². The molecular formula is C15H18ClNO3. The summed E-state index contributed by atoms with van der Waals surface area (Å²) >= 11 is 6.36. The lowest BCUT2D eigenvalue weighted by Crippen LogP contribution is -2.18. The first-order valence-electron chi connectivity index (χ1n) is 6.25. The van der Waals surface area contributed by atoms with Gasteiger partial charge in [0.2, 0.25) is 0 Å². The molecule has 0 aliphatic carbocycles. The van der Waals surface area contributed by atoms with Gasteiger partial charge in [-0.15, -0.1) is 0 Å². The molecular weight excluding hydrogens is 278 g/mol. The molecule has 0 bridgehead atoms. The van der Waals surface area contributed by atoms with Crippen LogP contribution in [0.1, 0.15) is 22.9 Å². The van der Waals surface area contributed by atoms with E-state index in [-0.39, 0.29) is 6.04 Å². The summed E-state index contributed by atoms with van der Waals surface area (Å²) in [5.41, 5.74) is 1.94. The smallest absolute Gasteiger partial charge is 0.162 e. The van der Waals surface area contributed by atoms with Crippen molar-refractivity contribution in [1.82, 2.24) is 5.32 Å². The predicted molar refractivity (Wildman–Crippen MR) is 78.9 cm³/mol. The summed E-state index contributed by atoms with van der Waals surface area (Å²) in [6.45, 7) is 2.00. The maximum atomic E-state index is 6.36. The van der Waals surface area contributed by atoms with Gasteiger partial charge in [0.05, 0.1) is 26.5 Å². The summed E-state index contributed by atoms with van der Waals surface area (Å²) in [5.74, 6) is 2.07. The maximum Gasteiger partial charge on any atom is 0.162 e. The van der Waals surface area contributed by atoms with Crippen molar-refractivity contribution in [2.75, 3.05) is 21.3 Å². The molecule has 2 aromatic rings. The van der Waals surface area contributed by atoms with E-state index in [2.05, 4.69) is 5.32 Å². The van der Waals surface area contributed by atoms with E-state index < -0.39 is 0 Å². The van der Waals surface area contributed by atoms with Crippen LogP contribution in [-0.2, 0) is 0 Å². The monoisotopic (exact) mass is 295 g/mol. The molecule has 1 atom stereocenters. The van der Waals surface area contributed by atoms with E-state index in [1.807, 2.05) is 26.1 Å². The Balaban J connectivity index is 2.52. The van der Waals surface area contributed by atoms with Crippen molar-refractivity contribution >= 4 is 11.6 Å². The molecule has 20 heavy (non-hydrogen) atoms. The number of furan rings is 1. The Kier molecular flexibility index (Phi) is 4.57. The first kappa shape index (κ1) is 14.8. The van der Waals surface area contributed by atoms with Crippen molar-refractivity contribution in [3.63, 3.8) is 0 Å². The number of hydrogen-bond acceptors (Lipinski definition) is 4. The van der Waals surface area contributed by atoms with E-state index in [1.165, 1.54) is 0 Å². The van der Waals surface area contributed by atoms with Crippen molar-refractivity contribution in [3.8, 4) is 11.5 Å². The molecule has 1 heterocycles. The first-order valence-corrected chi connectivity index (χ1v) is 6.62. The Morgan fingerprint density at radius 3 is 2.35 bits per heavy atom. The second-order valence-electron chi connectivity index (χ2n) is 4.42. The Morgan fingerprint density at radius 2 is 1.85 bits per heavy atom. The molecule has 2 rings (SSSR count). The minimum atomic E-state index is -0.141. The van der Waals surface area contributed by atoms with Crippen LogP contribution in [0, 0.1) is 6.92 Å². The predicted octanol–water partition coefficient (Wildman–Crippen LogP) is 3.57. The number of nitrogens with one attached hydrogen (secondary N) is 1. The van der Waals surface area contributed by atoms with Crippen molar-refractivity contribution in [2.45, 2.75) is 13.0 Å². The van der Waals surface area contributed by atoms with E-state index in [0.717, 1.165) is 16.9 Å². The van der Waals surface area contributed by atoms with E-state index in [0.29, 0.717) is 16.5 Å². The van der Waals surface area contributed by atoms with E-state index in [4.69, 9.17) is 25.5 Å². The van der Waals surface area contributed by atoms with Crippen LogP contribution in [0.25, 0.3) is 0 Å². The zero-order valence-electron chi connectivity index (χ0n) is 12.0. The van der Waals surface area contributed by atoms with Crippen molar-refractivity contribution in [3.05, 3.63) is 46.4 Å². The van der Waals surface area contributed by atoms with Crippen LogP contribution in [-0.4, -0.2) is 21.3 Å². The topological polar surface area (TPSA) is 43.6 Å². The van der Waals surface area contributed by atoms with Gasteiger partial charge in [0.25, 0.3) is 0 Å². The number of methoxy groups -OCH3 is 2. The van der Waals surface area contributed by atoms with Gasteiger partial charge in [-0.1, -0.05) is 11.6 Å². The molecule has 1 aromatic heterocycles. The number of hydrogen-bond donors (Lipinski definition) is 1. The molecule has 0 fully saturated rings. The zero-order valence-corrected chi connectivity index (χ0v) is 12.7. The fourth-order valence-corrected chi connectivity index (χ4v) is 2.46. The third kappa shape index (κ3) is 2.62. The highest BCUT2D eigenvalue weighted by Gasteiger charge is 2.22. The fourth-order valence-electron chi connectivity index (χ4n) is 2.20. The maximum absolute atomic E-state index is 6.36. The van der Waals surface area contributed by atoms with Crippen LogP contribution in [0.4, 0.5) is 0 Å². The van der Waals surface area contributed by atoms with Gasteiger partial charge < -0.3 is 19.2 Å². The van der Waals surface area contributed by atoms with Gasteiger partial charge in [-0.25, -0.2) is 0 Å². The SMILES string of the molecule is CNC(c1cc(OC)c(OC)cc1Cl)c1occc1C. The third-order valence-corrected chi connectivity index (χ3v) is 3.59. The van der Waals surface area contributed by atoms with Crippen LogP contribution in [0.5, 0.6) is 11.5 Å². The minimum Gasteiger partial charge on any atom is -0.493 e. The molecule has 0 amide bonds. The summed E-state index contributed by atoms with van der Waals surface area (Å²) in [5, 5.41) is 3.81. The highest BCUT2D eigenvalue weighted by molar-refractivity contribution is 6.31. The van der Waals surface area contributed by atoms with Crippen molar-refractivity contribution < 1.29 is 13.9 Å². The lowest BCUT2D eigenvalue weighted by molar-refractivity contribution is 0.354. The first-order chi connectivity index (χ1) is 9.62. The molecule has 1 N–H and O–H groups in total. The summed E-state index contributed by atoms with van der Waals surface area (Å²) in [4.78, 5) is 0. The molecule has 108 valence electrons. The Bertz CT molecular complexity index is 595. The lowest BCUT2D eigenvalue weighted by atomic mass is 10.0. The molecule has 5 heteroatoms. The van der Waals surface area contributed by atoms with Gasteiger partial charge in [0, 0.05) is 11.1 Å². The molecule has 1 aromatic carbocycles. The summed E-state index contributed by atoms with van der Waals surface area (Å²) < 4.78 is 16.1. The fraction of sp³-hybridized carbons (Fsp3) is 0.333. The largest absolute Gasteiger partial charge is 0.493 e. The summed E-state index contributed by atoms with van der Waals surface area (Å²) in [6.07, 6.45) is 1.67. The van der Waals surface area contributed by atoms with Crippen LogP contribution >= 0.6 is 11.6 Å².